The van der Waals surface area contributed by atoms with Gasteiger partial charge < -0.3 is 10.6 Å². The minimum absolute atomic E-state index is 0.0180. The van der Waals surface area contributed by atoms with Crippen LogP contribution in [0.2, 0.25) is 5.02 Å². The number of non-ortho nitro benzene ring substituents is 2. The van der Waals surface area contributed by atoms with Crippen LogP contribution in [0.5, 0.6) is 0 Å². The number of nitro benzene ring substituents is 2. The Balaban J connectivity index is 1.53. The van der Waals surface area contributed by atoms with Crippen LogP contribution in [0.15, 0.2) is 72.8 Å². The predicted octanol–water partition coefficient (Wildman–Crippen LogP) is 5.61. The first-order valence-corrected chi connectivity index (χ1v) is 12.7. The normalized spacial score (nSPS) is 14.7. The average molecular weight is 565 g/mol. The molecule has 1 aliphatic heterocycles. The minimum Gasteiger partial charge on any atom is -0.324 e. The van der Waals surface area contributed by atoms with Gasteiger partial charge in [-0.15, -0.1) is 11.8 Å². The van der Waals surface area contributed by atoms with Crippen molar-refractivity contribution in [3.05, 3.63) is 104 Å². The van der Waals surface area contributed by atoms with E-state index in [0.717, 1.165) is 5.56 Å². The van der Waals surface area contributed by atoms with Crippen molar-refractivity contribution in [1.82, 2.24) is 15.0 Å². The van der Waals surface area contributed by atoms with Crippen molar-refractivity contribution < 1.29 is 14.6 Å². The monoisotopic (exact) mass is 564 g/mol. The third-order valence-electron chi connectivity index (χ3n) is 5.51. The Morgan fingerprint density at radius 3 is 2.13 bits per heavy atom. The Labute approximate surface area is 229 Å². The summed E-state index contributed by atoms with van der Waals surface area (Å²) in [6.45, 7) is 0. The van der Waals surface area contributed by atoms with Crippen LogP contribution in [-0.2, 0) is 4.79 Å². The minimum atomic E-state index is -0.525. The molecule has 1 aliphatic rings. The topological polar surface area (TPSA) is 169 Å². The van der Waals surface area contributed by atoms with E-state index in [2.05, 4.69) is 25.6 Å². The number of halogens is 1. The lowest BCUT2D eigenvalue weighted by molar-refractivity contribution is -0.385. The van der Waals surface area contributed by atoms with Gasteiger partial charge in [0, 0.05) is 40.7 Å². The lowest BCUT2D eigenvalue weighted by Gasteiger charge is -2.23. The van der Waals surface area contributed by atoms with Crippen molar-refractivity contribution in [2.75, 3.05) is 21.3 Å². The Kier molecular flexibility index (Phi) is 7.21. The predicted molar refractivity (Wildman–Crippen MR) is 147 cm³/mol. The van der Waals surface area contributed by atoms with Gasteiger partial charge in [-0.1, -0.05) is 29.8 Å². The molecule has 1 saturated heterocycles. The van der Waals surface area contributed by atoms with E-state index in [-0.39, 0.29) is 40.9 Å². The highest BCUT2D eigenvalue weighted by Crippen LogP contribution is 2.41. The smallest absolute Gasteiger partial charge is 0.271 e. The van der Waals surface area contributed by atoms with Crippen molar-refractivity contribution in [2.24, 2.45) is 0 Å². The lowest BCUT2D eigenvalue weighted by Crippen LogP contribution is -2.30. The number of nitrogens with zero attached hydrogens (tertiary/aromatic N) is 6. The maximum atomic E-state index is 13.0. The maximum absolute atomic E-state index is 13.0. The van der Waals surface area contributed by atoms with Gasteiger partial charge in [-0.2, -0.15) is 15.0 Å². The summed E-state index contributed by atoms with van der Waals surface area (Å²) in [5, 5.41) is 28.2. The number of anilines is 5. The molecular formula is C24H17ClN8O5S. The van der Waals surface area contributed by atoms with Crippen LogP contribution in [0.4, 0.5) is 40.6 Å². The van der Waals surface area contributed by atoms with Crippen molar-refractivity contribution >= 4 is 69.9 Å². The third kappa shape index (κ3) is 5.86. The molecule has 196 valence electrons. The van der Waals surface area contributed by atoms with E-state index in [1.165, 1.54) is 59.1 Å². The molecule has 4 aromatic rings. The first-order chi connectivity index (χ1) is 18.8. The van der Waals surface area contributed by atoms with Crippen LogP contribution >= 0.6 is 23.4 Å². The number of carbonyl (C=O) groups excluding carboxylic acids is 1. The average Bonchev–Trinajstić information content (AvgIpc) is 3.30. The van der Waals surface area contributed by atoms with Crippen LogP contribution in [0.25, 0.3) is 0 Å². The van der Waals surface area contributed by atoms with Crippen LogP contribution < -0.4 is 15.5 Å². The SMILES string of the molecule is O=C1CSC(c2ccc(Cl)cc2)N1c1nc(Nc2ccc([N+](=O)[O-])cc2)nc(Nc2cccc([N+](=O)[O-])c2)n1. The maximum Gasteiger partial charge on any atom is 0.271 e. The van der Waals surface area contributed by atoms with E-state index in [1.54, 1.807) is 18.2 Å². The molecule has 0 radical (unpaired) electrons. The Hall–Kier alpha value is -4.82. The quantitative estimate of drug-likeness (QED) is 0.201. The fourth-order valence-corrected chi connectivity index (χ4v) is 5.00. The second-order valence-electron chi connectivity index (χ2n) is 8.12. The highest BCUT2D eigenvalue weighted by atomic mass is 35.5. The summed E-state index contributed by atoms with van der Waals surface area (Å²) < 4.78 is 0. The van der Waals surface area contributed by atoms with E-state index < -0.39 is 15.2 Å². The molecule has 39 heavy (non-hydrogen) atoms. The van der Waals surface area contributed by atoms with Gasteiger partial charge in [-0.25, -0.2) is 0 Å². The Bertz CT molecular complexity index is 1570. The van der Waals surface area contributed by atoms with Crippen molar-refractivity contribution in [1.29, 1.82) is 0 Å². The summed E-state index contributed by atoms with van der Waals surface area (Å²) in [5.74, 6) is 0.0643. The summed E-state index contributed by atoms with van der Waals surface area (Å²) in [4.78, 5) is 48.8. The molecule has 0 saturated carbocycles. The van der Waals surface area contributed by atoms with Gasteiger partial charge in [0.15, 0.2) is 0 Å². The number of thioether (sulfide) groups is 1. The van der Waals surface area contributed by atoms with Gasteiger partial charge in [0.1, 0.15) is 5.37 Å². The first-order valence-electron chi connectivity index (χ1n) is 11.2. The highest BCUT2D eigenvalue weighted by Gasteiger charge is 2.36. The van der Waals surface area contributed by atoms with Crippen molar-refractivity contribution in [3.63, 3.8) is 0 Å². The molecule has 1 atom stereocenters. The Morgan fingerprint density at radius 2 is 1.49 bits per heavy atom. The number of rotatable bonds is 8. The van der Waals surface area contributed by atoms with Gasteiger partial charge >= 0.3 is 0 Å². The van der Waals surface area contributed by atoms with Crippen LogP contribution in [0.3, 0.4) is 0 Å². The fourth-order valence-electron chi connectivity index (χ4n) is 3.72. The number of hydrogen-bond donors (Lipinski definition) is 2. The standard InChI is InChI=1S/C24H17ClN8O5S/c25-15-6-4-14(5-7-15)21-31(20(34)13-39-21)24-29-22(26-16-8-10-18(11-9-16)32(35)36)28-23(30-24)27-17-2-1-3-19(12-17)33(37)38/h1-12,21H,13H2,(H2,26,27,28,29,30). The molecule has 0 spiro atoms. The van der Waals surface area contributed by atoms with Crippen LogP contribution in [-0.4, -0.2) is 36.5 Å². The number of carbonyl (C=O) groups is 1. The summed E-state index contributed by atoms with van der Waals surface area (Å²) in [5.41, 5.74) is 1.39. The van der Waals surface area contributed by atoms with Gasteiger partial charge in [0.05, 0.1) is 15.6 Å². The molecule has 3 aromatic carbocycles. The van der Waals surface area contributed by atoms with Crippen molar-refractivity contribution in [2.45, 2.75) is 5.37 Å². The number of amides is 1. The number of benzene rings is 3. The molecule has 13 nitrogen and oxygen atoms in total. The zero-order valence-corrected chi connectivity index (χ0v) is 21.3. The molecule has 1 aromatic heterocycles. The van der Waals surface area contributed by atoms with Gasteiger partial charge in [0.25, 0.3) is 11.4 Å². The molecule has 2 heterocycles. The van der Waals surface area contributed by atoms with Gasteiger partial charge in [-0.05, 0) is 35.9 Å². The summed E-state index contributed by atoms with van der Waals surface area (Å²) in [7, 11) is 0. The van der Waals surface area contributed by atoms with E-state index in [9.17, 15) is 25.0 Å². The third-order valence-corrected chi connectivity index (χ3v) is 6.97. The zero-order valence-electron chi connectivity index (χ0n) is 19.7. The number of nitro groups is 2. The van der Waals surface area contributed by atoms with E-state index in [4.69, 9.17) is 11.6 Å². The second-order valence-corrected chi connectivity index (χ2v) is 9.63. The largest absolute Gasteiger partial charge is 0.324 e. The van der Waals surface area contributed by atoms with E-state index in [1.807, 2.05) is 12.1 Å². The van der Waals surface area contributed by atoms with Gasteiger partial charge in [0.2, 0.25) is 23.8 Å². The molecule has 2 N–H and O–H groups in total. The lowest BCUT2D eigenvalue weighted by atomic mass is 10.2. The molecule has 0 bridgehead atoms. The van der Waals surface area contributed by atoms with E-state index in [0.29, 0.717) is 16.4 Å². The van der Waals surface area contributed by atoms with E-state index >= 15 is 0 Å². The first kappa shape index (κ1) is 25.8. The van der Waals surface area contributed by atoms with Gasteiger partial charge in [-0.3, -0.25) is 29.9 Å². The second kappa shape index (κ2) is 10.9. The number of hydrogen-bond acceptors (Lipinski definition) is 11. The fraction of sp³-hybridized carbons (Fsp3) is 0.0833. The molecule has 5 rings (SSSR count). The molecule has 1 unspecified atom stereocenters. The van der Waals surface area contributed by atoms with Crippen LogP contribution in [0, 0.1) is 20.2 Å². The molecule has 0 aliphatic carbocycles. The Morgan fingerprint density at radius 1 is 0.846 bits per heavy atom. The molecule has 1 fully saturated rings. The van der Waals surface area contributed by atoms with Crippen LogP contribution in [0.1, 0.15) is 10.9 Å². The van der Waals surface area contributed by atoms with Crippen molar-refractivity contribution in [3.8, 4) is 0 Å². The zero-order chi connectivity index (χ0) is 27.5. The molecule has 15 heteroatoms. The molecule has 1 amide bonds. The summed E-state index contributed by atoms with van der Waals surface area (Å²) in [6.07, 6.45) is 0. The summed E-state index contributed by atoms with van der Waals surface area (Å²) >= 11 is 7.43. The summed E-state index contributed by atoms with van der Waals surface area (Å²) in [6, 6.07) is 18.5. The number of nitrogens with one attached hydrogen (secondary N) is 2. The number of aromatic nitrogens is 3. The molecular weight excluding hydrogens is 548 g/mol. The highest BCUT2D eigenvalue weighted by molar-refractivity contribution is 8.00.